The maximum Gasteiger partial charge on any atom is 0.254 e. The molecular formula is C22H27NO3. The molecule has 0 unspecified atom stereocenters. The summed E-state index contributed by atoms with van der Waals surface area (Å²) in [4.78, 5) is 15.3. The number of benzene rings is 2. The zero-order valence-corrected chi connectivity index (χ0v) is 16.2. The first-order chi connectivity index (χ1) is 12.5. The van der Waals surface area contributed by atoms with Crippen molar-refractivity contribution in [1.82, 2.24) is 4.90 Å². The molecule has 0 N–H and O–H groups in total. The number of carbonyl (C=O) groups is 1. The molecule has 0 radical (unpaired) electrons. The van der Waals surface area contributed by atoms with E-state index in [1.165, 1.54) is 5.56 Å². The highest BCUT2D eigenvalue weighted by Gasteiger charge is 2.34. The average molecular weight is 353 g/mol. The van der Waals surface area contributed by atoms with Gasteiger partial charge in [0.25, 0.3) is 5.91 Å². The van der Waals surface area contributed by atoms with Gasteiger partial charge in [0.1, 0.15) is 0 Å². The van der Waals surface area contributed by atoms with Gasteiger partial charge in [-0.2, -0.15) is 0 Å². The van der Waals surface area contributed by atoms with Crippen LogP contribution in [0.3, 0.4) is 0 Å². The van der Waals surface area contributed by atoms with Crippen LogP contribution in [0.5, 0.6) is 11.5 Å². The number of carbonyl (C=O) groups excluding carboxylic acids is 1. The Bertz CT molecular complexity index is 813. The van der Waals surface area contributed by atoms with E-state index in [4.69, 9.17) is 9.47 Å². The second-order valence-electron chi connectivity index (χ2n) is 7.16. The second kappa shape index (κ2) is 7.40. The second-order valence-corrected chi connectivity index (χ2v) is 7.16. The maximum atomic E-state index is 13.3. The molecule has 26 heavy (non-hydrogen) atoms. The minimum atomic E-state index is 0.0191. The van der Waals surface area contributed by atoms with E-state index in [9.17, 15) is 4.79 Å². The van der Waals surface area contributed by atoms with Crippen LogP contribution in [0.1, 0.15) is 46.9 Å². The molecule has 1 heterocycles. The highest BCUT2D eigenvalue weighted by atomic mass is 16.5. The van der Waals surface area contributed by atoms with E-state index < -0.39 is 0 Å². The summed E-state index contributed by atoms with van der Waals surface area (Å²) in [6, 6.07) is 11.9. The molecule has 1 amide bonds. The fourth-order valence-electron chi connectivity index (χ4n) is 3.89. The minimum absolute atomic E-state index is 0.0191. The summed E-state index contributed by atoms with van der Waals surface area (Å²) in [5, 5.41) is 0. The molecule has 3 rings (SSSR count). The molecule has 0 saturated carbocycles. The molecular weight excluding hydrogens is 326 g/mol. The van der Waals surface area contributed by atoms with Crippen LogP contribution in [0.15, 0.2) is 36.4 Å². The molecule has 2 aromatic rings. The van der Waals surface area contributed by atoms with Crippen LogP contribution in [0.25, 0.3) is 0 Å². The van der Waals surface area contributed by atoms with Gasteiger partial charge in [-0.3, -0.25) is 4.79 Å². The highest BCUT2D eigenvalue weighted by Crippen LogP contribution is 2.41. The van der Waals surface area contributed by atoms with E-state index in [0.29, 0.717) is 18.2 Å². The number of rotatable bonds is 4. The minimum Gasteiger partial charge on any atom is -0.493 e. The van der Waals surface area contributed by atoms with E-state index in [-0.39, 0.29) is 11.9 Å². The largest absolute Gasteiger partial charge is 0.493 e. The van der Waals surface area contributed by atoms with E-state index in [0.717, 1.165) is 28.9 Å². The number of methoxy groups -OCH3 is 2. The van der Waals surface area contributed by atoms with E-state index in [2.05, 4.69) is 19.9 Å². The van der Waals surface area contributed by atoms with Crippen LogP contribution >= 0.6 is 0 Å². The van der Waals surface area contributed by atoms with Crippen molar-refractivity contribution in [2.24, 2.45) is 5.92 Å². The number of ether oxygens (including phenoxy) is 2. The van der Waals surface area contributed by atoms with Crippen molar-refractivity contribution in [2.45, 2.75) is 33.2 Å². The molecule has 4 nitrogen and oxygen atoms in total. The number of amides is 1. The van der Waals surface area contributed by atoms with Crippen molar-refractivity contribution in [3.63, 3.8) is 0 Å². The van der Waals surface area contributed by atoms with Crippen LogP contribution in [-0.2, 0) is 6.42 Å². The van der Waals surface area contributed by atoms with Gasteiger partial charge in [-0.05, 0) is 54.2 Å². The van der Waals surface area contributed by atoms with Crippen LogP contribution in [-0.4, -0.2) is 31.6 Å². The van der Waals surface area contributed by atoms with Crippen molar-refractivity contribution < 1.29 is 14.3 Å². The number of fused-ring (bicyclic) bond motifs is 1. The quantitative estimate of drug-likeness (QED) is 0.817. The van der Waals surface area contributed by atoms with Gasteiger partial charge in [-0.1, -0.05) is 32.0 Å². The van der Waals surface area contributed by atoms with E-state index in [1.807, 2.05) is 42.2 Å². The molecule has 1 atom stereocenters. The van der Waals surface area contributed by atoms with Crippen LogP contribution in [0.4, 0.5) is 0 Å². The topological polar surface area (TPSA) is 38.8 Å². The molecule has 1 aliphatic heterocycles. The molecule has 0 bridgehead atoms. The maximum absolute atomic E-state index is 13.3. The van der Waals surface area contributed by atoms with Crippen LogP contribution < -0.4 is 9.47 Å². The van der Waals surface area contributed by atoms with Crippen molar-refractivity contribution in [3.8, 4) is 11.5 Å². The molecule has 0 spiro atoms. The van der Waals surface area contributed by atoms with Crippen molar-refractivity contribution in [1.29, 1.82) is 0 Å². The molecule has 0 fully saturated rings. The Hall–Kier alpha value is -2.49. The zero-order chi connectivity index (χ0) is 18.8. The molecule has 138 valence electrons. The van der Waals surface area contributed by atoms with Gasteiger partial charge < -0.3 is 14.4 Å². The number of hydrogen-bond donors (Lipinski definition) is 0. The lowest BCUT2D eigenvalue weighted by atomic mass is 9.85. The molecule has 1 aliphatic rings. The lowest BCUT2D eigenvalue weighted by molar-refractivity contribution is 0.0602. The molecule has 2 aromatic carbocycles. The lowest BCUT2D eigenvalue weighted by Crippen LogP contribution is -2.42. The van der Waals surface area contributed by atoms with Crippen LogP contribution in [0, 0.1) is 12.8 Å². The highest BCUT2D eigenvalue weighted by molar-refractivity contribution is 5.96. The van der Waals surface area contributed by atoms with Gasteiger partial charge in [0.05, 0.1) is 20.3 Å². The fraction of sp³-hybridized carbons (Fsp3) is 0.409. The van der Waals surface area contributed by atoms with Crippen LogP contribution in [0.2, 0.25) is 0 Å². The summed E-state index contributed by atoms with van der Waals surface area (Å²) >= 11 is 0. The van der Waals surface area contributed by atoms with Crippen molar-refractivity contribution in [3.05, 3.63) is 58.7 Å². The van der Waals surface area contributed by atoms with Gasteiger partial charge in [-0.25, -0.2) is 0 Å². The SMILES string of the molecule is COc1cc2c(cc1OC)[C@@H](C(C)C)N(C(=O)c1ccccc1C)CC2. The Morgan fingerprint density at radius 1 is 1.12 bits per heavy atom. The summed E-state index contributed by atoms with van der Waals surface area (Å²) in [6.45, 7) is 7.02. The summed E-state index contributed by atoms with van der Waals surface area (Å²) in [5.41, 5.74) is 4.18. The average Bonchev–Trinajstić information content (AvgIpc) is 2.65. The smallest absolute Gasteiger partial charge is 0.254 e. The van der Waals surface area contributed by atoms with Crippen molar-refractivity contribution >= 4 is 5.91 Å². The first kappa shape index (κ1) is 18.3. The van der Waals surface area contributed by atoms with Gasteiger partial charge >= 0.3 is 0 Å². The number of aryl methyl sites for hydroxylation is 1. The Kier molecular flexibility index (Phi) is 5.21. The molecule has 0 aliphatic carbocycles. The lowest BCUT2D eigenvalue weighted by Gasteiger charge is -2.40. The van der Waals surface area contributed by atoms with E-state index >= 15 is 0 Å². The predicted molar refractivity (Wildman–Crippen MR) is 103 cm³/mol. The third-order valence-corrected chi connectivity index (χ3v) is 5.19. The fourth-order valence-corrected chi connectivity index (χ4v) is 3.89. The Balaban J connectivity index is 2.05. The Morgan fingerprint density at radius 3 is 2.38 bits per heavy atom. The number of nitrogens with zero attached hydrogens (tertiary/aromatic N) is 1. The number of hydrogen-bond acceptors (Lipinski definition) is 3. The van der Waals surface area contributed by atoms with Gasteiger partial charge in [0, 0.05) is 12.1 Å². The van der Waals surface area contributed by atoms with Gasteiger partial charge in [0.2, 0.25) is 0 Å². The molecule has 0 saturated heterocycles. The Morgan fingerprint density at radius 2 is 1.77 bits per heavy atom. The third-order valence-electron chi connectivity index (χ3n) is 5.19. The van der Waals surface area contributed by atoms with Crippen molar-refractivity contribution in [2.75, 3.05) is 20.8 Å². The first-order valence-electron chi connectivity index (χ1n) is 9.09. The monoisotopic (exact) mass is 353 g/mol. The van der Waals surface area contributed by atoms with Gasteiger partial charge in [-0.15, -0.1) is 0 Å². The Labute approximate surface area is 155 Å². The summed E-state index contributed by atoms with van der Waals surface area (Å²) in [5.74, 6) is 1.84. The zero-order valence-electron chi connectivity index (χ0n) is 16.2. The predicted octanol–water partition coefficient (Wildman–Crippen LogP) is 4.41. The summed E-state index contributed by atoms with van der Waals surface area (Å²) in [7, 11) is 3.30. The molecule has 4 heteroatoms. The normalized spacial score (nSPS) is 16.4. The summed E-state index contributed by atoms with van der Waals surface area (Å²) < 4.78 is 11.0. The molecule has 0 aromatic heterocycles. The standard InChI is InChI=1S/C22H27NO3/c1-14(2)21-18-13-20(26-5)19(25-4)12-16(18)10-11-23(21)22(24)17-9-7-6-8-15(17)3/h6-9,12-14,21H,10-11H2,1-5H3/t21-/m1/s1. The third kappa shape index (κ3) is 3.16. The van der Waals surface area contributed by atoms with Gasteiger partial charge in [0.15, 0.2) is 11.5 Å². The van der Waals surface area contributed by atoms with E-state index in [1.54, 1.807) is 14.2 Å². The first-order valence-corrected chi connectivity index (χ1v) is 9.09. The summed E-state index contributed by atoms with van der Waals surface area (Å²) in [6.07, 6.45) is 0.816.